The molecular formula is C19H18N4O2. The second-order valence-electron chi connectivity index (χ2n) is 5.24. The molecule has 0 fully saturated rings. The minimum atomic E-state index is 0.354. The van der Waals surface area contributed by atoms with Crippen LogP contribution in [0.15, 0.2) is 73.3 Å². The lowest BCUT2D eigenvalue weighted by molar-refractivity contribution is 0.301. The molecule has 0 saturated carbocycles. The van der Waals surface area contributed by atoms with Gasteiger partial charge in [0.25, 0.3) is 0 Å². The summed E-state index contributed by atoms with van der Waals surface area (Å²) in [6, 6.07) is 14.7. The minimum absolute atomic E-state index is 0.354. The predicted octanol–water partition coefficient (Wildman–Crippen LogP) is 3.62. The topological polar surface area (TPSA) is 97.0 Å². The molecule has 6 heteroatoms. The van der Waals surface area contributed by atoms with Gasteiger partial charge in [0.2, 0.25) is 0 Å². The van der Waals surface area contributed by atoms with Crippen molar-refractivity contribution in [1.29, 1.82) is 5.41 Å². The Morgan fingerprint density at radius 2 is 1.68 bits per heavy atom. The quantitative estimate of drug-likeness (QED) is 0.575. The van der Waals surface area contributed by atoms with Crippen molar-refractivity contribution in [3.05, 3.63) is 84.6 Å². The van der Waals surface area contributed by atoms with Crippen LogP contribution >= 0.6 is 0 Å². The van der Waals surface area contributed by atoms with E-state index in [1.807, 2.05) is 48.5 Å². The van der Waals surface area contributed by atoms with Gasteiger partial charge in [0, 0.05) is 0 Å². The molecule has 1 heterocycles. The minimum Gasteiger partial charge on any atom is -0.487 e. The van der Waals surface area contributed by atoms with Gasteiger partial charge in [0.05, 0.1) is 23.9 Å². The number of nitrogens with one attached hydrogen (secondary N) is 2. The first-order valence-electron chi connectivity index (χ1n) is 7.70. The second-order valence-corrected chi connectivity index (χ2v) is 5.24. The van der Waals surface area contributed by atoms with E-state index in [4.69, 9.17) is 20.6 Å². The maximum Gasteiger partial charge on any atom is 0.130 e. The van der Waals surface area contributed by atoms with Crippen molar-refractivity contribution in [1.82, 2.24) is 9.97 Å². The molecule has 2 aromatic carbocycles. The Morgan fingerprint density at radius 3 is 2.28 bits per heavy atom. The molecule has 3 rings (SSSR count). The summed E-state index contributed by atoms with van der Waals surface area (Å²) in [7, 11) is 0. The van der Waals surface area contributed by atoms with Crippen molar-refractivity contribution < 1.29 is 9.47 Å². The fourth-order valence-electron chi connectivity index (χ4n) is 2.16. The zero-order valence-electron chi connectivity index (χ0n) is 13.5. The van der Waals surface area contributed by atoms with E-state index in [0.29, 0.717) is 23.8 Å². The third-order valence-electron chi connectivity index (χ3n) is 3.44. The van der Waals surface area contributed by atoms with Gasteiger partial charge in [-0.3, -0.25) is 0 Å². The van der Waals surface area contributed by atoms with Crippen molar-refractivity contribution in [2.45, 2.75) is 6.61 Å². The van der Waals surface area contributed by atoms with Crippen LogP contribution < -0.4 is 15.2 Å². The van der Waals surface area contributed by atoms with E-state index >= 15 is 0 Å². The number of allylic oxidation sites excluding steroid dienone is 1. The van der Waals surface area contributed by atoms with Crippen LogP contribution in [0, 0.1) is 5.41 Å². The van der Waals surface area contributed by atoms with Gasteiger partial charge in [0.15, 0.2) is 0 Å². The van der Waals surface area contributed by atoms with Crippen molar-refractivity contribution in [2.24, 2.45) is 5.73 Å². The summed E-state index contributed by atoms with van der Waals surface area (Å²) in [6.45, 7) is 0.435. The number of nitrogens with zero attached hydrogens (tertiary/aromatic N) is 1. The maximum absolute atomic E-state index is 7.81. The van der Waals surface area contributed by atoms with Gasteiger partial charge in [-0.2, -0.15) is 0 Å². The van der Waals surface area contributed by atoms with E-state index < -0.39 is 0 Å². The van der Waals surface area contributed by atoms with Gasteiger partial charge in [-0.15, -0.1) is 0 Å². The lowest BCUT2D eigenvalue weighted by Crippen LogP contribution is -1.96. The highest BCUT2D eigenvalue weighted by Gasteiger charge is 2.02. The fraction of sp³-hybridized carbons (Fsp3) is 0.0526. The lowest BCUT2D eigenvalue weighted by atomic mass is 10.1. The van der Waals surface area contributed by atoms with Crippen molar-refractivity contribution >= 4 is 5.71 Å². The van der Waals surface area contributed by atoms with Gasteiger partial charge < -0.3 is 25.6 Å². The number of H-pyrrole nitrogens is 1. The highest BCUT2D eigenvalue weighted by atomic mass is 16.5. The Labute approximate surface area is 145 Å². The van der Waals surface area contributed by atoms with Gasteiger partial charge in [-0.25, -0.2) is 4.98 Å². The molecule has 0 radical (unpaired) electrons. The standard InChI is InChI=1S/C19H18N4O2/c20-10-9-19(21)14-1-3-17(4-2-14)25-18-7-5-16(6-8-18)24-12-15-11-22-13-23-15/h1-11,13,21H,12,20H2,(H,22,23). The molecule has 0 unspecified atom stereocenters. The number of imidazole rings is 1. The molecule has 0 spiro atoms. The van der Waals surface area contributed by atoms with Crippen LogP contribution in [0.4, 0.5) is 0 Å². The molecule has 0 saturated heterocycles. The summed E-state index contributed by atoms with van der Waals surface area (Å²) in [5.74, 6) is 2.15. The number of rotatable bonds is 7. The fourth-order valence-corrected chi connectivity index (χ4v) is 2.16. The largest absolute Gasteiger partial charge is 0.487 e. The molecule has 0 bridgehead atoms. The van der Waals surface area contributed by atoms with E-state index in [0.717, 1.165) is 17.0 Å². The zero-order chi connectivity index (χ0) is 17.5. The van der Waals surface area contributed by atoms with Crippen LogP contribution in [0.2, 0.25) is 0 Å². The number of ether oxygens (including phenoxy) is 2. The van der Waals surface area contributed by atoms with Crippen LogP contribution in [-0.2, 0) is 6.61 Å². The first-order valence-corrected chi connectivity index (χ1v) is 7.70. The second kappa shape index (κ2) is 7.83. The summed E-state index contributed by atoms with van der Waals surface area (Å²) in [5.41, 5.74) is 7.34. The zero-order valence-corrected chi connectivity index (χ0v) is 13.5. The van der Waals surface area contributed by atoms with E-state index in [1.54, 1.807) is 12.5 Å². The van der Waals surface area contributed by atoms with Gasteiger partial charge >= 0.3 is 0 Å². The van der Waals surface area contributed by atoms with E-state index in [2.05, 4.69) is 9.97 Å². The van der Waals surface area contributed by atoms with E-state index in [9.17, 15) is 0 Å². The summed E-state index contributed by atoms with van der Waals surface area (Å²) in [6.07, 6.45) is 6.24. The molecule has 0 aliphatic heterocycles. The SMILES string of the molecule is N=C(C=CN)c1ccc(Oc2ccc(OCc3cnc[nH]3)cc2)cc1. The van der Waals surface area contributed by atoms with Crippen LogP contribution in [-0.4, -0.2) is 15.7 Å². The Kier molecular flexibility index (Phi) is 5.11. The smallest absolute Gasteiger partial charge is 0.130 e. The Hall–Kier alpha value is -3.54. The summed E-state index contributed by atoms with van der Waals surface area (Å²) < 4.78 is 11.4. The lowest BCUT2D eigenvalue weighted by Gasteiger charge is -2.08. The van der Waals surface area contributed by atoms with Crippen molar-refractivity contribution in [3.8, 4) is 17.2 Å². The number of hydrogen-bond donors (Lipinski definition) is 3. The highest BCUT2D eigenvalue weighted by molar-refractivity contribution is 6.06. The number of aromatic nitrogens is 2. The predicted molar refractivity (Wildman–Crippen MR) is 96.0 cm³/mol. The molecule has 6 nitrogen and oxygen atoms in total. The van der Waals surface area contributed by atoms with E-state index in [1.165, 1.54) is 12.3 Å². The summed E-state index contributed by atoms with van der Waals surface area (Å²) in [5, 5.41) is 7.81. The van der Waals surface area contributed by atoms with Crippen LogP contribution in [0.3, 0.4) is 0 Å². The highest BCUT2D eigenvalue weighted by Crippen LogP contribution is 2.24. The first kappa shape index (κ1) is 16.3. The number of aromatic amines is 1. The molecule has 1 aromatic heterocycles. The van der Waals surface area contributed by atoms with Crippen LogP contribution in [0.25, 0.3) is 0 Å². The molecule has 0 amide bonds. The summed E-state index contributed by atoms with van der Waals surface area (Å²) >= 11 is 0. The molecule has 0 aliphatic carbocycles. The third-order valence-corrected chi connectivity index (χ3v) is 3.44. The van der Waals surface area contributed by atoms with Crippen LogP contribution in [0.5, 0.6) is 17.2 Å². The molecule has 25 heavy (non-hydrogen) atoms. The first-order chi connectivity index (χ1) is 12.2. The number of hydrogen-bond acceptors (Lipinski definition) is 5. The number of benzene rings is 2. The average molecular weight is 334 g/mol. The van der Waals surface area contributed by atoms with Gasteiger partial charge in [0.1, 0.15) is 23.9 Å². The number of nitrogens with two attached hydrogens (primary N) is 1. The molecule has 126 valence electrons. The van der Waals surface area contributed by atoms with Crippen molar-refractivity contribution in [3.63, 3.8) is 0 Å². The maximum atomic E-state index is 7.81. The molecular weight excluding hydrogens is 316 g/mol. The molecule has 3 aromatic rings. The average Bonchev–Trinajstić information content (AvgIpc) is 3.15. The molecule has 0 aliphatic rings. The summed E-state index contributed by atoms with van der Waals surface area (Å²) in [4.78, 5) is 6.93. The van der Waals surface area contributed by atoms with E-state index in [-0.39, 0.29) is 0 Å². The van der Waals surface area contributed by atoms with Crippen LogP contribution in [0.1, 0.15) is 11.3 Å². The third kappa shape index (κ3) is 4.48. The Balaban J connectivity index is 1.58. The normalized spacial score (nSPS) is 10.7. The van der Waals surface area contributed by atoms with Crippen molar-refractivity contribution in [2.75, 3.05) is 0 Å². The monoisotopic (exact) mass is 334 g/mol. The molecule has 0 atom stereocenters. The molecule has 4 N–H and O–H groups in total. The van der Waals surface area contributed by atoms with Gasteiger partial charge in [-0.1, -0.05) is 0 Å². The Bertz CT molecular complexity index is 838. The van der Waals surface area contributed by atoms with Gasteiger partial charge in [-0.05, 0) is 66.4 Å². The Morgan fingerprint density at radius 1 is 1.04 bits per heavy atom.